The molecule has 3 aliphatic rings. The highest BCUT2D eigenvalue weighted by atomic mass is 127. The van der Waals surface area contributed by atoms with Crippen LogP contribution >= 0.6 is 35.6 Å². The fourth-order valence-electron chi connectivity index (χ4n) is 4.07. The topological polar surface area (TPSA) is 75.6 Å². The van der Waals surface area contributed by atoms with Gasteiger partial charge in [0.25, 0.3) is 5.91 Å². The average Bonchev–Trinajstić information content (AvgIpc) is 3.31. The van der Waals surface area contributed by atoms with E-state index in [1.807, 2.05) is 17.0 Å². The summed E-state index contributed by atoms with van der Waals surface area (Å²) in [5.41, 5.74) is 1.08. The van der Waals surface area contributed by atoms with Crippen LogP contribution in [0.4, 0.5) is 0 Å². The lowest BCUT2D eigenvalue weighted by Gasteiger charge is -2.37. The van der Waals surface area contributed by atoms with Gasteiger partial charge in [-0.15, -0.1) is 24.0 Å². The number of halogens is 2. The van der Waals surface area contributed by atoms with Gasteiger partial charge in [0.15, 0.2) is 17.5 Å². The van der Waals surface area contributed by atoms with Crippen molar-refractivity contribution in [2.75, 3.05) is 59.6 Å². The van der Waals surface area contributed by atoms with Crippen LogP contribution in [0.25, 0.3) is 0 Å². The summed E-state index contributed by atoms with van der Waals surface area (Å²) in [7, 11) is 1.78. The molecule has 0 radical (unpaired) electrons. The lowest BCUT2D eigenvalue weighted by atomic mass is 10.1. The summed E-state index contributed by atoms with van der Waals surface area (Å²) < 4.78 is 16.8. The first kappa shape index (κ1) is 24.2. The third-order valence-corrected chi connectivity index (χ3v) is 5.94. The van der Waals surface area contributed by atoms with Crippen LogP contribution in [0.2, 0.25) is 5.02 Å². The number of aliphatic imine (C=N–C) groups is 1. The summed E-state index contributed by atoms with van der Waals surface area (Å²) in [5, 5.41) is 4.00. The number of benzene rings is 1. The van der Waals surface area contributed by atoms with Gasteiger partial charge in [0.1, 0.15) is 19.3 Å². The molecule has 1 aromatic rings. The number of hydrogen-bond acceptors (Lipinski definition) is 5. The minimum Gasteiger partial charge on any atom is -0.486 e. The maximum absolute atomic E-state index is 12.5. The molecule has 1 atom stereocenters. The molecule has 3 aliphatic heterocycles. The Hall–Kier alpha value is -1.46. The van der Waals surface area contributed by atoms with Gasteiger partial charge in [0.05, 0.1) is 5.02 Å². The van der Waals surface area contributed by atoms with Gasteiger partial charge in [0, 0.05) is 46.4 Å². The Morgan fingerprint density at radius 2 is 1.90 bits per heavy atom. The van der Waals surface area contributed by atoms with Gasteiger partial charge < -0.3 is 29.3 Å². The molecule has 0 spiro atoms. The molecule has 172 valence electrons. The normalized spacial score (nSPS) is 21.0. The second-order valence-corrected chi connectivity index (χ2v) is 8.05. The predicted octanol–water partition coefficient (Wildman–Crippen LogP) is 2.17. The van der Waals surface area contributed by atoms with Crippen LogP contribution in [0.1, 0.15) is 18.4 Å². The van der Waals surface area contributed by atoms with E-state index >= 15 is 0 Å². The number of guanidine groups is 1. The molecular formula is C21H30ClIN4O4. The molecule has 31 heavy (non-hydrogen) atoms. The molecular weight excluding hydrogens is 535 g/mol. The maximum atomic E-state index is 12.5. The third kappa shape index (κ3) is 5.87. The standard InChI is InChI=1S/C21H29ClN4O4.HI/c1-23-21(26-8-6-25(7-9-26)20(27)17-3-2-10-28-17)24-5-4-15-13-16(22)19-18(14-15)29-11-12-30-19;/h13-14,17H,2-12H2,1H3,(H,23,24);1H. The van der Waals surface area contributed by atoms with Crippen molar-refractivity contribution < 1.29 is 19.0 Å². The van der Waals surface area contributed by atoms with E-state index in [2.05, 4.69) is 15.2 Å². The van der Waals surface area contributed by atoms with E-state index in [9.17, 15) is 4.79 Å². The molecule has 2 fully saturated rings. The number of fused-ring (bicyclic) bond motifs is 1. The van der Waals surface area contributed by atoms with Gasteiger partial charge in [-0.2, -0.15) is 0 Å². The first-order chi connectivity index (χ1) is 14.7. The molecule has 1 N–H and O–H groups in total. The quantitative estimate of drug-likeness (QED) is 0.343. The second kappa shape index (κ2) is 11.4. The first-order valence-corrected chi connectivity index (χ1v) is 11.0. The van der Waals surface area contributed by atoms with Crippen LogP contribution in [-0.4, -0.2) is 87.4 Å². The van der Waals surface area contributed by atoms with E-state index in [-0.39, 0.29) is 36.0 Å². The van der Waals surface area contributed by atoms with Crippen LogP contribution < -0.4 is 14.8 Å². The van der Waals surface area contributed by atoms with Gasteiger partial charge in [-0.25, -0.2) is 0 Å². The number of nitrogens with zero attached hydrogens (tertiary/aromatic N) is 3. The van der Waals surface area contributed by atoms with Gasteiger partial charge in [-0.1, -0.05) is 11.6 Å². The zero-order chi connectivity index (χ0) is 20.9. The molecule has 0 aliphatic carbocycles. The van der Waals surface area contributed by atoms with E-state index < -0.39 is 0 Å². The lowest BCUT2D eigenvalue weighted by molar-refractivity contribution is -0.142. The van der Waals surface area contributed by atoms with Crippen LogP contribution in [-0.2, 0) is 16.0 Å². The summed E-state index contributed by atoms with van der Waals surface area (Å²) in [4.78, 5) is 21.0. The number of piperazine rings is 1. The van der Waals surface area contributed by atoms with E-state index in [1.54, 1.807) is 7.05 Å². The second-order valence-electron chi connectivity index (χ2n) is 7.64. The molecule has 1 amide bonds. The Morgan fingerprint density at radius 1 is 1.16 bits per heavy atom. The number of nitrogens with one attached hydrogen (secondary N) is 1. The Bertz CT molecular complexity index is 796. The fourth-order valence-corrected chi connectivity index (χ4v) is 4.36. The van der Waals surface area contributed by atoms with Gasteiger partial charge in [-0.05, 0) is 37.0 Å². The van der Waals surface area contributed by atoms with Crippen LogP contribution in [0, 0.1) is 0 Å². The number of carbonyl (C=O) groups excluding carboxylic acids is 1. The van der Waals surface area contributed by atoms with E-state index in [0.717, 1.165) is 50.4 Å². The largest absolute Gasteiger partial charge is 0.486 e. The SMILES string of the molecule is CN=C(NCCc1cc(Cl)c2c(c1)OCCO2)N1CCN(C(=O)C2CCCO2)CC1.I. The number of ether oxygens (including phenoxy) is 3. The summed E-state index contributed by atoms with van der Waals surface area (Å²) in [6.45, 7) is 5.38. The Kier molecular flexibility index (Phi) is 8.91. The minimum absolute atomic E-state index is 0. The van der Waals surface area contributed by atoms with Gasteiger partial charge in [0.2, 0.25) is 0 Å². The molecule has 3 heterocycles. The minimum atomic E-state index is -0.244. The molecule has 2 saturated heterocycles. The monoisotopic (exact) mass is 564 g/mol. The molecule has 10 heteroatoms. The van der Waals surface area contributed by atoms with Gasteiger partial charge in [-0.3, -0.25) is 9.79 Å². The van der Waals surface area contributed by atoms with Crippen molar-refractivity contribution in [2.24, 2.45) is 4.99 Å². The van der Waals surface area contributed by atoms with Crippen LogP contribution in [0.3, 0.4) is 0 Å². The lowest BCUT2D eigenvalue weighted by Crippen LogP contribution is -2.55. The van der Waals surface area contributed by atoms with Crippen molar-refractivity contribution in [3.8, 4) is 11.5 Å². The Labute approximate surface area is 205 Å². The highest BCUT2D eigenvalue weighted by Gasteiger charge is 2.30. The first-order valence-electron chi connectivity index (χ1n) is 10.6. The van der Waals surface area contributed by atoms with Crippen molar-refractivity contribution >= 4 is 47.4 Å². The molecule has 0 aromatic heterocycles. The smallest absolute Gasteiger partial charge is 0.251 e. The summed E-state index contributed by atoms with van der Waals surface area (Å²) >= 11 is 6.33. The summed E-state index contributed by atoms with van der Waals surface area (Å²) in [5.74, 6) is 2.32. The van der Waals surface area contributed by atoms with Crippen molar-refractivity contribution in [1.82, 2.24) is 15.1 Å². The van der Waals surface area contributed by atoms with Gasteiger partial charge >= 0.3 is 0 Å². The molecule has 0 bridgehead atoms. The van der Waals surface area contributed by atoms with Crippen molar-refractivity contribution in [3.05, 3.63) is 22.7 Å². The van der Waals surface area contributed by atoms with E-state index in [4.69, 9.17) is 25.8 Å². The number of carbonyl (C=O) groups is 1. The highest BCUT2D eigenvalue weighted by Crippen LogP contribution is 2.38. The molecule has 1 unspecified atom stereocenters. The fraction of sp³-hybridized carbons (Fsp3) is 0.619. The van der Waals surface area contributed by atoms with E-state index in [0.29, 0.717) is 49.4 Å². The van der Waals surface area contributed by atoms with Crippen LogP contribution in [0.15, 0.2) is 17.1 Å². The zero-order valence-electron chi connectivity index (χ0n) is 17.8. The molecule has 1 aromatic carbocycles. The Morgan fingerprint density at radius 3 is 2.61 bits per heavy atom. The number of hydrogen-bond donors (Lipinski definition) is 1. The van der Waals surface area contributed by atoms with E-state index in [1.165, 1.54) is 0 Å². The number of amides is 1. The molecule has 8 nitrogen and oxygen atoms in total. The highest BCUT2D eigenvalue weighted by molar-refractivity contribution is 14.0. The van der Waals surface area contributed by atoms with Crippen molar-refractivity contribution in [3.63, 3.8) is 0 Å². The van der Waals surface area contributed by atoms with Crippen LogP contribution in [0.5, 0.6) is 11.5 Å². The molecule has 0 saturated carbocycles. The van der Waals surface area contributed by atoms with Crippen molar-refractivity contribution in [1.29, 1.82) is 0 Å². The predicted molar refractivity (Wildman–Crippen MR) is 130 cm³/mol. The Balaban J connectivity index is 0.00000272. The third-order valence-electron chi connectivity index (χ3n) is 5.66. The van der Waals surface area contributed by atoms with Crippen molar-refractivity contribution in [2.45, 2.75) is 25.4 Å². The summed E-state index contributed by atoms with van der Waals surface area (Å²) in [6, 6.07) is 3.91. The maximum Gasteiger partial charge on any atom is 0.251 e. The number of rotatable bonds is 4. The molecule has 4 rings (SSSR count). The summed E-state index contributed by atoms with van der Waals surface area (Å²) in [6.07, 6.45) is 2.35. The zero-order valence-corrected chi connectivity index (χ0v) is 20.9. The average molecular weight is 565 g/mol.